The van der Waals surface area contributed by atoms with Crippen LogP contribution in [0.1, 0.15) is 16.2 Å². The molecule has 0 unspecified atom stereocenters. The fraction of sp³-hybridized carbons (Fsp3) is 0. The number of phenols is 1. The van der Waals surface area contributed by atoms with E-state index in [1.807, 2.05) is 0 Å². The minimum atomic E-state index is -0.603. The van der Waals surface area contributed by atoms with Gasteiger partial charge in [-0.05, 0) is 30.3 Å². The van der Waals surface area contributed by atoms with Crippen LogP contribution in [0.2, 0.25) is 0 Å². The molecule has 26 heavy (non-hydrogen) atoms. The van der Waals surface area contributed by atoms with Gasteiger partial charge in [0.05, 0.1) is 22.8 Å². The molecule has 0 aliphatic heterocycles. The zero-order valence-corrected chi connectivity index (χ0v) is 13.2. The van der Waals surface area contributed by atoms with Crippen LogP contribution in [0, 0.1) is 10.1 Å². The molecule has 0 saturated heterocycles. The maximum absolute atomic E-state index is 11.8. The Morgan fingerprint density at radius 3 is 2.81 bits per heavy atom. The van der Waals surface area contributed by atoms with Crippen molar-refractivity contribution >= 4 is 17.8 Å². The number of furan rings is 1. The molecule has 0 aliphatic rings. The number of rotatable bonds is 5. The summed E-state index contributed by atoms with van der Waals surface area (Å²) in [5.41, 5.74) is 2.61. The SMILES string of the molecule is O=C(N/N=C\c1ccc(-c2ccc([N+](=O)[O-])cc2O)o1)c1ccccn1. The standard InChI is InChI=1S/C17H12N4O5/c22-15-9-11(21(24)25)4-6-13(15)16-7-5-12(26-16)10-19-20-17(23)14-3-1-2-8-18-14/h1-10,22H,(H,20,23)/b19-10-. The van der Waals surface area contributed by atoms with Crippen molar-refractivity contribution in [2.45, 2.75) is 0 Å². The second kappa shape index (κ2) is 7.26. The second-order valence-corrected chi connectivity index (χ2v) is 5.07. The third-order valence-corrected chi connectivity index (χ3v) is 3.34. The fourth-order valence-corrected chi connectivity index (χ4v) is 2.12. The number of hydrogen-bond donors (Lipinski definition) is 2. The Bertz CT molecular complexity index is 982. The van der Waals surface area contributed by atoms with E-state index in [4.69, 9.17) is 4.42 Å². The van der Waals surface area contributed by atoms with Crippen molar-refractivity contribution in [3.05, 3.63) is 76.3 Å². The van der Waals surface area contributed by atoms with Gasteiger partial charge in [-0.1, -0.05) is 6.07 Å². The molecule has 0 spiro atoms. The van der Waals surface area contributed by atoms with Crippen LogP contribution in [0.25, 0.3) is 11.3 Å². The number of hydrogen-bond acceptors (Lipinski definition) is 7. The minimum Gasteiger partial charge on any atom is -0.507 e. The highest BCUT2D eigenvalue weighted by Crippen LogP contribution is 2.33. The number of hydrazone groups is 1. The molecule has 1 aromatic carbocycles. The predicted octanol–water partition coefficient (Wildman–Crippen LogP) is 2.72. The summed E-state index contributed by atoms with van der Waals surface area (Å²) in [5, 5.41) is 24.4. The van der Waals surface area contributed by atoms with E-state index in [1.165, 1.54) is 24.5 Å². The summed E-state index contributed by atoms with van der Waals surface area (Å²) in [4.78, 5) is 25.8. The lowest BCUT2D eigenvalue weighted by atomic mass is 10.1. The van der Waals surface area contributed by atoms with E-state index in [0.29, 0.717) is 17.1 Å². The van der Waals surface area contributed by atoms with Crippen LogP contribution >= 0.6 is 0 Å². The third kappa shape index (κ3) is 3.73. The lowest BCUT2D eigenvalue weighted by Gasteiger charge is -2.00. The molecule has 9 heteroatoms. The molecule has 2 N–H and O–H groups in total. The molecule has 130 valence electrons. The zero-order valence-electron chi connectivity index (χ0n) is 13.2. The Labute approximate surface area is 146 Å². The number of nitrogens with zero attached hydrogens (tertiary/aromatic N) is 3. The molecule has 1 amide bonds. The molecule has 0 atom stereocenters. The lowest BCUT2D eigenvalue weighted by Crippen LogP contribution is -2.18. The normalized spacial score (nSPS) is 10.8. The van der Waals surface area contributed by atoms with Gasteiger partial charge in [0.2, 0.25) is 0 Å². The molecule has 0 bridgehead atoms. The highest BCUT2D eigenvalue weighted by molar-refractivity contribution is 5.92. The number of aromatic hydroxyl groups is 1. The first-order chi connectivity index (χ1) is 12.5. The average molecular weight is 352 g/mol. The number of nitrogens with one attached hydrogen (secondary N) is 1. The largest absolute Gasteiger partial charge is 0.507 e. The maximum atomic E-state index is 11.8. The average Bonchev–Trinajstić information content (AvgIpc) is 3.10. The lowest BCUT2D eigenvalue weighted by molar-refractivity contribution is -0.384. The number of amides is 1. The number of aromatic nitrogens is 1. The zero-order chi connectivity index (χ0) is 18.5. The smallest absolute Gasteiger partial charge is 0.289 e. The molecular formula is C17H12N4O5. The highest BCUT2D eigenvalue weighted by Gasteiger charge is 2.14. The Morgan fingerprint density at radius 1 is 1.27 bits per heavy atom. The summed E-state index contributed by atoms with van der Waals surface area (Å²) >= 11 is 0. The molecule has 0 fully saturated rings. The van der Waals surface area contributed by atoms with Crippen LogP contribution < -0.4 is 5.43 Å². The first kappa shape index (κ1) is 16.8. The Kier molecular flexibility index (Phi) is 4.70. The quantitative estimate of drug-likeness (QED) is 0.412. The van der Waals surface area contributed by atoms with Gasteiger partial charge in [0.25, 0.3) is 11.6 Å². The molecule has 2 heterocycles. The molecule has 3 rings (SSSR count). The number of phenolic OH excluding ortho intramolecular Hbond substituents is 1. The fourth-order valence-electron chi connectivity index (χ4n) is 2.12. The molecule has 9 nitrogen and oxygen atoms in total. The number of carbonyl (C=O) groups is 1. The van der Waals surface area contributed by atoms with Crippen LogP contribution in [0.4, 0.5) is 5.69 Å². The van der Waals surface area contributed by atoms with Crippen LogP contribution in [0.3, 0.4) is 0 Å². The number of nitro benzene ring substituents is 1. The summed E-state index contributed by atoms with van der Waals surface area (Å²) in [7, 11) is 0. The van der Waals surface area contributed by atoms with Gasteiger partial charge in [0.1, 0.15) is 23.0 Å². The van der Waals surface area contributed by atoms with Crippen molar-refractivity contribution in [3.63, 3.8) is 0 Å². The number of non-ortho nitro benzene ring substituents is 1. The van der Waals surface area contributed by atoms with Gasteiger partial charge < -0.3 is 9.52 Å². The number of carbonyl (C=O) groups excluding carboxylic acids is 1. The van der Waals surface area contributed by atoms with Gasteiger partial charge in [-0.25, -0.2) is 5.43 Å². The maximum Gasteiger partial charge on any atom is 0.289 e. The molecule has 0 aliphatic carbocycles. The van der Waals surface area contributed by atoms with Gasteiger partial charge >= 0.3 is 0 Å². The topological polar surface area (TPSA) is 131 Å². The van der Waals surface area contributed by atoms with Crippen molar-refractivity contribution in [1.29, 1.82) is 0 Å². The van der Waals surface area contributed by atoms with Crippen LogP contribution in [-0.2, 0) is 0 Å². The van der Waals surface area contributed by atoms with E-state index in [-0.39, 0.29) is 17.1 Å². The first-order valence-corrected chi connectivity index (χ1v) is 7.36. The van der Waals surface area contributed by atoms with Crippen molar-refractivity contribution < 1.29 is 19.2 Å². The predicted molar refractivity (Wildman–Crippen MR) is 91.8 cm³/mol. The molecule has 0 saturated carbocycles. The Hall–Kier alpha value is -4.01. The van der Waals surface area contributed by atoms with E-state index >= 15 is 0 Å². The van der Waals surface area contributed by atoms with E-state index in [2.05, 4.69) is 15.5 Å². The Morgan fingerprint density at radius 2 is 2.12 bits per heavy atom. The van der Waals surface area contributed by atoms with Gasteiger partial charge in [-0.3, -0.25) is 19.9 Å². The summed E-state index contributed by atoms with van der Waals surface area (Å²) in [6.45, 7) is 0. The van der Waals surface area contributed by atoms with Crippen LogP contribution in [0.5, 0.6) is 5.75 Å². The van der Waals surface area contributed by atoms with Crippen molar-refractivity contribution in [2.24, 2.45) is 5.10 Å². The summed E-state index contributed by atoms with van der Waals surface area (Å²) in [6, 6.07) is 11.8. The monoisotopic (exact) mass is 352 g/mol. The van der Waals surface area contributed by atoms with E-state index in [1.54, 1.807) is 30.3 Å². The molecule has 3 aromatic rings. The van der Waals surface area contributed by atoms with Crippen molar-refractivity contribution in [3.8, 4) is 17.1 Å². The number of nitro groups is 1. The van der Waals surface area contributed by atoms with Crippen molar-refractivity contribution in [2.75, 3.05) is 0 Å². The summed E-state index contributed by atoms with van der Waals surface area (Å²) < 4.78 is 5.49. The second-order valence-electron chi connectivity index (χ2n) is 5.07. The third-order valence-electron chi connectivity index (χ3n) is 3.34. The van der Waals surface area contributed by atoms with E-state index in [9.17, 15) is 20.0 Å². The van der Waals surface area contributed by atoms with Gasteiger partial charge in [-0.2, -0.15) is 5.10 Å². The van der Waals surface area contributed by atoms with Gasteiger partial charge in [-0.15, -0.1) is 0 Å². The van der Waals surface area contributed by atoms with E-state index in [0.717, 1.165) is 6.07 Å². The van der Waals surface area contributed by atoms with Gasteiger partial charge in [0, 0.05) is 12.3 Å². The Balaban J connectivity index is 1.70. The molecule has 0 radical (unpaired) electrons. The van der Waals surface area contributed by atoms with Crippen LogP contribution in [0.15, 0.2) is 64.2 Å². The number of pyridine rings is 1. The summed E-state index contributed by atoms with van der Waals surface area (Å²) in [6.07, 6.45) is 2.78. The summed E-state index contributed by atoms with van der Waals surface area (Å²) in [5.74, 6) is -0.129. The van der Waals surface area contributed by atoms with Gasteiger partial charge in [0.15, 0.2) is 0 Å². The first-order valence-electron chi connectivity index (χ1n) is 7.36. The molecular weight excluding hydrogens is 340 g/mol. The highest BCUT2D eigenvalue weighted by atomic mass is 16.6. The number of benzene rings is 1. The minimum absolute atomic E-state index is 0.223. The van der Waals surface area contributed by atoms with Crippen LogP contribution in [-0.4, -0.2) is 27.1 Å². The van der Waals surface area contributed by atoms with E-state index < -0.39 is 10.8 Å². The van der Waals surface area contributed by atoms with Crippen molar-refractivity contribution in [1.82, 2.24) is 10.4 Å². The molecule has 2 aromatic heterocycles.